The van der Waals surface area contributed by atoms with Crippen molar-refractivity contribution >= 4 is 35.6 Å². The van der Waals surface area contributed by atoms with Crippen LogP contribution in [0.4, 0.5) is 10.1 Å². The SMILES string of the molecule is CN=C(NCc1ccc(CN2CCOCC2)cc1)N1CCN(c2ccc(F)cc2)CC1.I. The lowest BCUT2D eigenvalue weighted by Gasteiger charge is -2.37. The molecule has 4 rings (SSSR count). The van der Waals surface area contributed by atoms with Crippen molar-refractivity contribution in [1.29, 1.82) is 0 Å². The molecule has 0 amide bonds. The van der Waals surface area contributed by atoms with E-state index in [0.29, 0.717) is 0 Å². The molecule has 32 heavy (non-hydrogen) atoms. The molecule has 0 bridgehead atoms. The van der Waals surface area contributed by atoms with Crippen molar-refractivity contribution in [3.05, 3.63) is 65.5 Å². The molecule has 0 spiro atoms. The van der Waals surface area contributed by atoms with Crippen LogP contribution in [0.5, 0.6) is 0 Å². The number of halogens is 2. The maximum absolute atomic E-state index is 13.2. The minimum absolute atomic E-state index is 0. The van der Waals surface area contributed by atoms with Crippen molar-refractivity contribution in [1.82, 2.24) is 15.1 Å². The van der Waals surface area contributed by atoms with Gasteiger partial charge >= 0.3 is 0 Å². The number of guanidine groups is 1. The van der Waals surface area contributed by atoms with E-state index < -0.39 is 0 Å². The van der Waals surface area contributed by atoms with Gasteiger partial charge in [-0.25, -0.2) is 4.39 Å². The smallest absolute Gasteiger partial charge is 0.194 e. The highest BCUT2D eigenvalue weighted by Gasteiger charge is 2.20. The summed E-state index contributed by atoms with van der Waals surface area (Å²) >= 11 is 0. The summed E-state index contributed by atoms with van der Waals surface area (Å²) in [5.41, 5.74) is 3.66. The van der Waals surface area contributed by atoms with Gasteiger partial charge in [-0.15, -0.1) is 24.0 Å². The Labute approximate surface area is 207 Å². The Morgan fingerprint density at radius 2 is 1.53 bits per heavy atom. The Morgan fingerprint density at radius 3 is 2.16 bits per heavy atom. The summed E-state index contributed by atoms with van der Waals surface area (Å²) in [5, 5.41) is 3.50. The first-order valence-corrected chi connectivity index (χ1v) is 11.1. The van der Waals surface area contributed by atoms with Gasteiger partial charge in [0, 0.05) is 65.1 Å². The van der Waals surface area contributed by atoms with E-state index >= 15 is 0 Å². The van der Waals surface area contributed by atoms with Crippen LogP contribution >= 0.6 is 24.0 Å². The fraction of sp³-hybridized carbons (Fsp3) is 0.458. The normalized spacial score (nSPS) is 17.8. The van der Waals surface area contributed by atoms with Crippen molar-refractivity contribution < 1.29 is 9.13 Å². The highest BCUT2D eigenvalue weighted by molar-refractivity contribution is 14.0. The summed E-state index contributed by atoms with van der Waals surface area (Å²) in [5.74, 6) is 0.734. The van der Waals surface area contributed by atoms with Gasteiger partial charge in [0.1, 0.15) is 5.82 Å². The Balaban J connectivity index is 0.00000289. The van der Waals surface area contributed by atoms with Crippen molar-refractivity contribution in [2.45, 2.75) is 13.1 Å². The number of anilines is 1. The lowest BCUT2D eigenvalue weighted by atomic mass is 10.1. The van der Waals surface area contributed by atoms with Gasteiger partial charge in [0.15, 0.2) is 5.96 Å². The summed E-state index contributed by atoms with van der Waals surface area (Å²) in [6.07, 6.45) is 0. The van der Waals surface area contributed by atoms with Crippen molar-refractivity contribution in [3.8, 4) is 0 Å². The van der Waals surface area contributed by atoms with Crippen LogP contribution < -0.4 is 10.2 Å². The molecule has 2 fully saturated rings. The van der Waals surface area contributed by atoms with Crippen LogP contribution in [-0.4, -0.2) is 75.3 Å². The molecule has 6 nitrogen and oxygen atoms in total. The summed E-state index contributed by atoms with van der Waals surface area (Å²) in [6.45, 7) is 8.97. The first kappa shape index (κ1) is 24.7. The van der Waals surface area contributed by atoms with Gasteiger partial charge in [0.2, 0.25) is 0 Å². The van der Waals surface area contributed by atoms with E-state index in [9.17, 15) is 4.39 Å². The lowest BCUT2D eigenvalue weighted by molar-refractivity contribution is 0.0342. The van der Waals surface area contributed by atoms with E-state index in [1.807, 2.05) is 19.2 Å². The molecule has 8 heteroatoms. The largest absolute Gasteiger partial charge is 0.379 e. The van der Waals surface area contributed by atoms with Crippen LogP contribution in [0.3, 0.4) is 0 Å². The second-order valence-electron chi connectivity index (χ2n) is 8.06. The molecule has 2 aromatic rings. The van der Waals surface area contributed by atoms with Crippen molar-refractivity contribution in [3.63, 3.8) is 0 Å². The Bertz CT molecular complexity index is 848. The van der Waals surface area contributed by atoms with Crippen LogP contribution in [0.2, 0.25) is 0 Å². The van der Waals surface area contributed by atoms with E-state index in [1.54, 1.807) is 0 Å². The fourth-order valence-corrected chi connectivity index (χ4v) is 4.12. The van der Waals surface area contributed by atoms with Crippen LogP contribution in [0.1, 0.15) is 11.1 Å². The van der Waals surface area contributed by atoms with E-state index in [0.717, 1.165) is 77.2 Å². The number of benzene rings is 2. The van der Waals surface area contributed by atoms with Gasteiger partial charge in [-0.05, 0) is 35.4 Å². The van der Waals surface area contributed by atoms with Gasteiger partial charge in [0.05, 0.1) is 13.2 Å². The van der Waals surface area contributed by atoms with E-state index in [4.69, 9.17) is 4.74 Å². The monoisotopic (exact) mass is 553 g/mol. The third-order valence-electron chi connectivity index (χ3n) is 5.97. The van der Waals surface area contributed by atoms with Gasteiger partial charge in [-0.1, -0.05) is 24.3 Å². The van der Waals surface area contributed by atoms with Gasteiger partial charge in [-0.2, -0.15) is 0 Å². The minimum atomic E-state index is -0.193. The van der Waals surface area contributed by atoms with Gasteiger partial charge < -0.3 is 19.9 Å². The second kappa shape index (κ2) is 12.4. The summed E-state index contributed by atoms with van der Waals surface area (Å²) in [6, 6.07) is 15.6. The average molecular weight is 553 g/mol. The standard InChI is InChI=1S/C24H32FN5O.HI/c1-26-24(30-12-10-29(11-13-30)23-8-6-22(25)7-9-23)27-18-20-2-4-21(5-3-20)19-28-14-16-31-17-15-28;/h2-9H,10-19H2,1H3,(H,26,27);1H. The Kier molecular flexibility index (Phi) is 9.55. The number of ether oxygens (including phenoxy) is 1. The van der Waals surface area contributed by atoms with Gasteiger partial charge in [-0.3, -0.25) is 9.89 Å². The number of rotatable bonds is 5. The highest BCUT2D eigenvalue weighted by atomic mass is 127. The first-order valence-electron chi connectivity index (χ1n) is 11.1. The highest BCUT2D eigenvalue weighted by Crippen LogP contribution is 2.17. The summed E-state index contributed by atoms with van der Waals surface area (Å²) < 4.78 is 18.6. The van der Waals surface area contributed by atoms with Crippen LogP contribution in [0.25, 0.3) is 0 Å². The molecular weight excluding hydrogens is 520 g/mol. The molecule has 1 N–H and O–H groups in total. The molecule has 0 aromatic heterocycles. The number of hydrogen-bond acceptors (Lipinski definition) is 4. The average Bonchev–Trinajstić information content (AvgIpc) is 2.82. The predicted molar refractivity (Wildman–Crippen MR) is 138 cm³/mol. The first-order chi connectivity index (χ1) is 15.2. The molecule has 2 aliphatic rings. The molecular formula is C24H33FIN5O. The minimum Gasteiger partial charge on any atom is -0.379 e. The Hall–Kier alpha value is -1.91. The van der Waals surface area contributed by atoms with E-state index in [1.165, 1.54) is 23.3 Å². The maximum atomic E-state index is 13.2. The molecule has 0 unspecified atom stereocenters. The zero-order valence-corrected chi connectivity index (χ0v) is 21.0. The van der Waals surface area contributed by atoms with E-state index in [-0.39, 0.29) is 29.8 Å². The predicted octanol–water partition coefficient (Wildman–Crippen LogP) is 3.17. The molecule has 174 valence electrons. The van der Waals surface area contributed by atoms with Crippen LogP contribution in [-0.2, 0) is 17.8 Å². The molecule has 0 atom stereocenters. The lowest BCUT2D eigenvalue weighted by Crippen LogP contribution is -2.52. The Morgan fingerprint density at radius 1 is 0.906 bits per heavy atom. The fourth-order valence-electron chi connectivity index (χ4n) is 4.12. The topological polar surface area (TPSA) is 43.3 Å². The van der Waals surface area contributed by atoms with Crippen LogP contribution in [0.15, 0.2) is 53.5 Å². The van der Waals surface area contributed by atoms with Crippen molar-refractivity contribution in [2.75, 3.05) is 64.4 Å². The van der Waals surface area contributed by atoms with Crippen LogP contribution in [0, 0.1) is 5.82 Å². The zero-order chi connectivity index (χ0) is 21.5. The molecule has 0 radical (unpaired) electrons. The van der Waals surface area contributed by atoms with Crippen molar-refractivity contribution in [2.24, 2.45) is 4.99 Å². The third kappa shape index (κ3) is 6.79. The molecule has 2 heterocycles. The molecule has 0 aliphatic carbocycles. The number of nitrogens with zero attached hydrogens (tertiary/aromatic N) is 4. The quantitative estimate of drug-likeness (QED) is 0.350. The molecule has 2 saturated heterocycles. The zero-order valence-electron chi connectivity index (χ0n) is 18.7. The second-order valence-corrected chi connectivity index (χ2v) is 8.06. The summed E-state index contributed by atoms with van der Waals surface area (Å²) in [4.78, 5) is 11.5. The number of aliphatic imine (C=N–C) groups is 1. The van der Waals surface area contributed by atoms with E-state index in [2.05, 4.69) is 49.3 Å². The number of hydrogen-bond donors (Lipinski definition) is 1. The number of morpholine rings is 1. The third-order valence-corrected chi connectivity index (χ3v) is 5.97. The molecule has 0 saturated carbocycles. The molecule has 2 aromatic carbocycles. The maximum Gasteiger partial charge on any atom is 0.194 e. The molecule has 2 aliphatic heterocycles. The summed E-state index contributed by atoms with van der Waals surface area (Å²) in [7, 11) is 1.83. The van der Waals surface area contributed by atoms with Gasteiger partial charge in [0.25, 0.3) is 0 Å². The number of nitrogens with one attached hydrogen (secondary N) is 1. The number of piperazine rings is 1.